The van der Waals surface area contributed by atoms with E-state index in [0.29, 0.717) is 49.9 Å². The van der Waals surface area contributed by atoms with Crippen LogP contribution >= 0.6 is 0 Å². The molecular weight excluding hydrogens is 372 g/mol. The van der Waals surface area contributed by atoms with Gasteiger partial charge in [-0.25, -0.2) is 4.68 Å². The molecule has 8 nitrogen and oxygen atoms in total. The summed E-state index contributed by atoms with van der Waals surface area (Å²) < 4.78 is 12.7. The minimum Gasteiger partial charge on any atom is -0.493 e. The second-order valence-electron chi connectivity index (χ2n) is 6.94. The Balaban J connectivity index is 1.73. The van der Waals surface area contributed by atoms with Crippen molar-refractivity contribution in [2.45, 2.75) is 52.7 Å². The minimum atomic E-state index is -0.581. The molecule has 0 aliphatic carbocycles. The summed E-state index contributed by atoms with van der Waals surface area (Å²) in [5.74, 6) is 1.72. The number of aromatic nitrogens is 2. The molecule has 1 aromatic heterocycles. The summed E-state index contributed by atoms with van der Waals surface area (Å²) in [5, 5.41) is 7.36. The summed E-state index contributed by atoms with van der Waals surface area (Å²) in [4.78, 5) is 27.1. The monoisotopic (exact) mass is 400 g/mol. The van der Waals surface area contributed by atoms with Crippen LogP contribution in [-0.4, -0.2) is 41.4 Å². The normalized spacial score (nSPS) is 14.3. The highest BCUT2D eigenvalue weighted by Gasteiger charge is 2.34. The SMILES string of the molecule is CCOc1ccc(CNC(=O)C(CC)N2C(=O)CCn3nc(C)cc32)cc1OC. The van der Waals surface area contributed by atoms with Crippen LogP contribution in [0.15, 0.2) is 24.3 Å². The first kappa shape index (κ1) is 20.7. The van der Waals surface area contributed by atoms with Gasteiger partial charge in [-0.05, 0) is 38.0 Å². The lowest BCUT2D eigenvalue weighted by Crippen LogP contribution is -2.52. The number of fused-ring (bicyclic) bond motifs is 1. The van der Waals surface area contributed by atoms with Crippen LogP contribution in [0.25, 0.3) is 0 Å². The molecule has 1 atom stereocenters. The van der Waals surface area contributed by atoms with Gasteiger partial charge in [0, 0.05) is 19.0 Å². The average molecular weight is 400 g/mol. The minimum absolute atomic E-state index is 0.0536. The van der Waals surface area contributed by atoms with E-state index >= 15 is 0 Å². The maximum Gasteiger partial charge on any atom is 0.243 e. The van der Waals surface area contributed by atoms with E-state index in [1.807, 2.05) is 45.0 Å². The predicted octanol–water partition coefficient (Wildman–Crippen LogP) is 2.43. The van der Waals surface area contributed by atoms with Crippen molar-refractivity contribution in [1.29, 1.82) is 0 Å². The van der Waals surface area contributed by atoms with Gasteiger partial charge in [-0.3, -0.25) is 14.5 Å². The lowest BCUT2D eigenvalue weighted by molar-refractivity contribution is -0.127. The number of ether oxygens (including phenoxy) is 2. The van der Waals surface area contributed by atoms with Crippen LogP contribution in [0.2, 0.25) is 0 Å². The quantitative estimate of drug-likeness (QED) is 0.736. The number of benzene rings is 1. The van der Waals surface area contributed by atoms with Crippen molar-refractivity contribution in [3.8, 4) is 11.5 Å². The third-order valence-corrected chi connectivity index (χ3v) is 4.93. The fraction of sp³-hybridized carbons (Fsp3) is 0.476. The van der Waals surface area contributed by atoms with E-state index in [4.69, 9.17) is 9.47 Å². The Hall–Kier alpha value is -3.03. The van der Waals surface area contributed by atoms with Crippen LogP contribution in [0.3, 0.4) is 0 Å². The van der Waals surface area contributed by atoms with Gasteiger partial charge in [-0.1, -0.05) is 13.0 Å². The highest BCUT2D eigenvalue weighted by molar-refractivity contribution is 6.00. The molecule has 0 spiro atoms. The van der Waals surface area contributed by atoms with Gasteiger partial charge in [0.15, 0.2) is 11.5 Å². The van der Waals surface area contributed by atoms with Gasteiger partial charge >= 0.3 is 0 Å². The van der Waals surface area contributed by atoms with Crippen molar-refractivity contribution in [2.75, 3.05) is 18.6 Å². The highest BCUT2D eigenvalue weighted by Crippen LogP contribution is 2.28. The first-order chi connectivity index (χ1) is 14.0. The number of methoxy groups -OCH3 is 1. The molecule has 2 heterocycles. The fourth-order valence-electron chi connectivity index (χ4n) is 3.56. The van der Waals surface area contributed by atoms with E-state index in [1.165, 1.54) is 0 Å². The molecule has 0 radical (unpaired) electrons. The van der Waals surface area contributed by atoms with Crippen LogP contribution in [0.4, 0.5) is 5.82 Å². The number of hydrogen-bond donors (Lipinski definition) is 1. The van der Waals surface area contributed by atoms with Gasteiger partial charge in [-0.15, -0.1) is 0 Å². The lowest BCUT2D eigenvalue weighted by atomic mass is 10.1. The van der Waals surface area contributed by atoms with Crippen LogP contribution in [0.5, 0.6) is 11.5 Å². The molecule has 0 fully saturated rings. The Morgan fingerprint density at radius 3 is 2.76 bits per heavy atom. The number of carbonyl (C=O) groups is 2. The number of hydrogen-bond acceptors (Lipinski definition) is 5. The molecule has 1 aromatic carbocycles. The number of nitrogens with zero attached hydrogens (tertiary/aromatic N) is 3. The Morgan fingerprint density at radius 1 is 1.28 bits per heavy atom. The van der Waals surface area contributed by atoms with Crippen LogP contribution in [-0.2, 0) is 22.7 Å². The smallest absolute Gasteiger partial charge is 0.243 e. The number of nitrogens with one attached hydrogen (secondary N) is 1. The fourth-order valence-corrected chi connectivity index (χ4v) is 3.56. The van der Waals surface area contributed by atoms with Gasteiger partial charge in [0.25, 0.3) is 0 Å². The molecular formula is C21H28N4O4. The molecule has 3 rings (SSSR count). The molecule has 2 aromatic rings. The Labute approximate surface area is 170 Å². The number of aryl methyl sites for hydroxylation is 2. The Kier molecular flexibility index (Phi) is 6.41. The van der Waals surface area contributed by atoms with E-state index in [2.05, 4.69) is 10.4 Å². The maximum atomic E-state index is 12.9. The second kappa shape index (κ2) is 8.98. The molecule has 0 bridgehead atoms. The van der Waals surface area contributed by atoms with Crippen LogP contribution < -0.4 is 19.7 Å². The molecule has 156 valence electrons. The summed E-state index contributed by atoms with van der Waals surface area (Å²) in [5.41, 5.74) is 1.72. The van der Waals surface area contributed by atoms with Gasteiger partial charge < -0.3 is 14.8 Å². The first-order valence-corrected chi connectivity index (χ1v) is 9.92. The maximum absolute atomic E-state index is 12.9. The van der Waals surface area contributed by atoms with E-state index in [1.54, 1.807) is 16.7 Å². The van der Waals surface area contributed by atoms with Gasteiger partial charge in [-0.2, -0.15) is 5.10 Å². The van der Waals surface area contributed by atoms with Gasteiger partial charge in [0.1, 0.15) is 11.9 Å². The largest absolute Gasteiger partial charge is 0.493 e. The van der Waals surface area contributed by atoms with E-state index in [-0.39, 0.29) is 11.8 Å². The zero-order valence-electron chi connectivity index (χ0n) is 17.4. The zero-order chi connectivity index (χ0) is 21.0. The van der Waals surface area contributed by atoms with Crippen molar-refractivity contribution in [3.05, 3.63) is 35.5 Å². The van der Waals surface area contributed by atoms with Crippen LogP contribution in [0, 0.1) is 6.92 Å². The molecule has 8 heteroatoms. The van der Waals surface area contributed by atoms with Crippen molar-refractivity contribution in [3.63, 3.8) is 0 Å². The highest BCUT2D eigenvalue weighted by atomic mass is 16.5. The third-order valence-electron chi connectivity index (χ3n) is 4.93. The van der Waals surface area contributed by atoms with Crippen molar-refractivity contribution in [1.82, 2.24) is 15.1 Å². The average Bonchev–Trinajstić information content (AvgIpc) is 3.09. The molecule has 0 saturated heterocycles. The topological polar surface area (TPSA) is 85.7 Å². The van der Waals surface area contributed by atoms with E-state index < -0.39 is 6.04 Å². The predicted molar refractivity (Wildman–Crippen MR) is 109 cm³/mol. The molecule has 1 unspecified atom stereocenters. The summed E-state index contributed by atoms with van der Waals surface area (Å²) in [6, 6.07) is 6.83. The first-order valence-electron chi connectivity index (χ1n) is 9.92. The van der Waals surface area contributed by atoms with Gasteiger partial charge in [0.2, 0.25) is 11.8 Å². The standard InChI is InChI=1S/C21H28N4O4/c1-5-16(25-19-11-14(3)23-24(19)10-9-20(25)26)21(27)22-13-15-7-8-17(29-6-2)18(12-15)28-4/h7-8,11-12,16H,5-6,9-10,13H2,1-4H3,(H,22,27). The zero-order valence-corrected chi connectivity index (χ0v) is 17.4. The summed E-state index contributed by atoms with van der Waals surface area (Å²) in [7, 11) is 1.58. The Morgan fingerprint density at radius 2 is 2.07 bits per heavy atom. The molecule has 1 aliphatic heterocycles. The summed E-state index contributed by atoms with van der Waals surface area (Å²) >= 11 is 0. The summed E-state index contributed by atoms with van der Waals surface area (Å²) in [6.07, 6.45) is 0.850. The molecule has 1 aliphatic rings. The Bertz CT molecular complexity index is 893. The van der Waals surface area contributed by atoms with E-state index in [9.17, 15) is 9.59 Å². The molecule has 2 amide bonds. The summed E-state index contributed by atoms with van der Waals surface area (Å²) in [6.45, 7) is 7.12. The number of rotatable bonds is 8. The van der Waals surface area contributed by atoms with Crippen molar-refractivity contribution in [2.24, 2.45) is 0 Å². The van der Waals surface area contributed by atoms with E-state index in [0.717, 1.165) is 11.3 Å². The number of anilines is 1. The molecule has 1 N–H and O–H groups in total. The number of carbonyl (C=O) groups excluding carboxylic acids is 2. The molecule has 0 saturated carbocycles. The van der Waals surface area contributed by atoms with Crippen molar-refractivity contribution >= 4 is 17.6 Å². The van der Waals surface area contributed by atoms with Crippen LogP contribution in [0.1, 0.15) is 37.9 Å². The van der Waals surface area contributed by atoms with Crippen molar-refractivity contribution < 1.29 is 19.1 Å². The third kappa shape index (κ3) is 4.36. The molecule has 29 heavy (non-hydrogen) atoms. The number of amides is 2. The van der Waals surface area contributed by atoms with Gasteiger partial charge in [0.05, 0.1) is 26.0 Å². The second-order valence-corrected chi connectivity index (χ2v) is 6.94. The lowest BCUT2D eigenvalue weighted by Gasteiger charge is -2.33.